The van der Waals surface area contributed by atoms with E-state index in [0.717, 1.165) is 19.3 Å². The molecule has 0 radical (unpaired) electrons. The summed E-state index contributed by atoms with van der Waals surface area (Å²) in [5.74, 6) is 0.227. The van der Waals surface area contributed by atoms with E-state index in [1.807, 2.05) is 0 Å². The van der Waals surface area contributed by atoms with Gasteiger partial charge in [0.05, 0.1) is 0 Å². The molecule has 2 nitrogen and oxygen atoms in total. The highest BCUT2D eigenvalue weighted by atomic mass is 16.6. The molecule has 0 aromatic heterocycles. The highest BCUT2D eigenvalue weighted by molar-refractivity contribution is 4.90. The molecule has 1 aliphatic rings. The minimum absolute atomic E-state index is 0.227. The van der Waals surface area contributed by atoms with Gasteiger partial charge in [-0.15, -0.1) is 0 Å². The molecular formula is C12H22O2. The predicted molar refractivity (Wildman–Crippen MR) is 58.0 cm³/mol. The Kier molecular flexibility index (Phi) is 5.88. The van der Waals surface area contributed by atoms with Crippen LogP contribution in [0, 0.1) is 5.92 Å². The Morgan fingerprint density at radius 1 is 1.43 bits per heavy atom. The Balaban J connectivity index is 2.14. The molecule has 2 unspecified atom stereocenters. The fraction of sp³-hybridized carbons (Fsp3) is 0.833. The lowest BCUT2D eigenvalue weighted by atomic mass is 9.99. The van der Waals surface area contributed by atoms with Gasteiger partial charge in [0.1, 0.15) is 0 Å². The maximum absolute atomic E-state index is 9.50. The van der Waals surface area contributed by atoms with Crippen molar-refractivity contribution in [3.63, 3.8) is 0 Å². The summed E-state index contributed by atoms with van der Waals surface area (Å²) in [5, 5.41) is 9.50. The van der Waals surface area contributed by atoms with E-state index in [1.165, 1.54) is 19.3 Å². The number of rotatable bonds is 5. The normalized spacial score (nSPS) is 28.4. The smallest absolute Gasteiger partial charge is 0.160 e. The Morgan fingerprint density at radius 2 is 2.29 bits per heavy atom. The molecule has 1 aliphatic heterocycles. The molecule has 0 bridgehead atoms. The Morgan fingerprint density at radius 3 is 3.00 bits per heavy atom. The number of aliphatic hydroxyl groups is 1. The van der Waals surface area contributed by atoms with Crippen LogP contribution in [0.1, 0.15) is 45.4 Å². The van der Waals surface area contributed by atoms with Crippen molar-refractivity contribution in [2.24, 2.45) is 5.92 Å². The van der Waals surface area contributed by atoms with Gasteiger partial charge in [0.25, 0.3) is 0 Å². The lowest BCUT2D eigenvalue weighted by molar-refractivity contribution is -0.146. The van der Waals surface area contributed by atoms with Gasteiger partial charge in [0, 0.05) is 12.5 Å². The first-order valence-electron chi connectivity index (χ1n) is 5.81. The lowest BCUT2D eigenvalue weighted by Crippen LogP contribution is -2.27. The van der Waals surface area contributed by atoms with Crippen molar-refractivity contribution in [2.45, 2.75) is 51.7 Å². The van der Waals surface area contributed by atoms with E-state index in [1.54, 1.807) is 0 Å². The summed E-state index contributed by atoms with van der Waals surface area (Å²) in [6.45, 7) is 2.92. The molecule has 1 saturated heterocycles. The third-order valence-corrected chi connectivity index (χ3v) is 2.69. The highest BCUT2D eigenvalue weighted by Gasteiger charge is 2.20. The molecule has 82 valence electrons. The second kappa shape index (κ2) is 7.02. The number of ether oxygens (including phenoxy) is 1. The Hall–Kier alpha value is -0.340. The van der Waals surface area contributed by atoms with Crippen LogP contribution in [-0.4, -0.2) is 18.0 Å². The molecule has 0 aliphatic carbocycles. The number of hydrogen-bond donors (Lipinski definition) is 1. The van der Waals surface area contributed by atoms with E-state index in [2.05, 4.69) is 19.1 Å². The van der Waals surface area contributed by atoms with Crippen molar-refractivity contribution in [3.8, 4) is 0 Å². The first-order valence-corrected chi connectivity index (χ1v) is 5.81. The lowest BCUT2D eigenvalue weighted by Gasteiger charge is -2.25. The van der Waals surface area contributed by atoms with Gasteiger partial charge in [-0.2, -0.15) is 0 Å². The van der Waals surface area contributed by atoms with Crippen molar-refractivity contribution in [3.05, 3.63) is 12.2 Å². The van der Waals surface area contributed by atoms with E-state index in [-0.39, 0.29) is 5.92 Å². The van der Waals surface area contributed by atoms with Crippen molar-refractivity contribution < 1.29 is 9.84 Å². The summed E-state index contributed by atoms with van der Waals surface area (Å²) < 4.78 is 5.17. The Bertz CT molecular complexity index is 166. The summed E-state index contributed by atoms with van der Waals surface area (Å²) in [7, 11) is 0. The fourth-order valence-electron chi connectivity index (χ4n) is 1.76. The second-order valence-corrected chi connectivity index (χ2v) is 3.99. The summed E-state index contributed by atoms with van der Waals surface area (Å²) in [6, 6.07) is 0. The molecule has 1 heterocycles. The molecule has 0 aromatic rings. The van der Waals surface area contributed by atoms with Crippen LogP contribution in [0.25, 0.3) is 0 Å². The summed E-state index contributed by atoms with van der Waals surface area (Å²) in [5.41, 5.74) is 0. The number of hydrogen-bond acceptors (Lipinski definition) is 2. The zero-order valence-electron chi connectivity index (χ0n) is 9.11. The quantitative estimate of drug-likeness (QED) is 0.543. The van der Waals surface area contributed by atoms with Crippen LogP contribution >= 0.6 is 0 Å². The average Bonchev–Trinajstić information content (AvgIpc) is 2.20. The van der Waals surface area contributed by atoms with Gasteiger partial charge in [-0.25, -0.2) is 0 Å². The summed E-state index contributed by atoms with van der Waals surface area (Å²) in [6.07, 6.45) is 10.8. The highest BCUT2D eigenvalue weighted by Crippen LogP contribution is 2.20. The molecule has 14 heavy (non-hydrogen) atoms. The van der Waals surface area contributed by atoms with Crippen LogP contribution in [0.5, 0.6) is 0 Å². The molecule has 1 rings (SSSR count). The molecule has 1 fully saturated rings. The van der Waals surface area contributed by atoms with E-state index >= 15 is 0 Å². The maximum Gasteiger partial charge on any atom is 0.160 e. The molecule has 0 amide bonds. The summed E-state index contributed by atoms with van der Waals surface area (Å²) in [4.78, 5) is 0. The minimum Gasteiger partial charge on any atom is -0.367 e. The largest absolute Gasteiger partial charge is 0.367 e. The number of unbranched alkanes of at least 4 members (excludes halogenated alkanes) is 3. The van der Waals surface area contributed by atoms with E-state index in [4.69, 9.17) is 4.74 Å². The summed E-state index contributed by atoms with van der Waals surface area (Å²) >= 11 is 0. The van der Waals surface area contributed by atoms with Gasteiger partial charge >= 0.3 is 0 Å². The van der Waals surface area contributed by atoms with Gasteiger partial charge in [0.15, 0.2) is 6.29 Å². The molecule has 2 heteroatoms. The Labute approximate surface area is 87.0 Å². The van der Waals surface area contributed by atoms with Gasteiger partial charge < -0.3 is 9.84 Å². The third-order valence-electron chi connectivity index (χ3n) is 2.69. The first kappa shape index (κ1) is 11.7. The molecule has 2 atom stereocenters. The van der Waals surface area contributed by atoms with Crippen LogP contribution in [0.2, 0.25) is 0 Å². The fourth-order valence-corrected chi connectivity index (χ4v) is 1.76. The van der Waals surface area contributed by atoms with Crippen molar-refractivity contribution in [2.75, 3.05) is 6.61 Å². The van der Waals surface area contributed by atoms with Crippen molar-refractivity contribution in [1.82, 2.24) is 0 Å². The zero-order chi connectivity index (χ0) is 10.2. The van der Waals surface area contributed by atoms with Crippen LogP contribution < -0.4 is 0 Å². The monoisotopic (exact) mass is 198 g/mol. The molecular weight excluding hydrogens is 176 g/mol. The second-order valence-electron chi connectivity index (χ2n) is 3.99. The van der Waals surface area contributed by atoms with E-state index in [9.17, 15) is 5.11 Å². The topological polar surface area (TPSA) is 29.5 Å². The van der Waals surface area contributed by atoms with Crippen LogP contribution in [0.3, 0.4) is 0 Å². The van der Waals surface area contributed by atoms with Gasteiger partial charge in [0.2, 0.25) is 0 Å². The van der Waals surface area contributed by atoms with E-state index < -0.39 is 6.29 Å². The molecule has 0 spiro atoms. The minimum atomic E-state index is -0.564. The van der Waals surface area contributed by atoms with E-state index in [0.29, 0.717) is 6.61 Å². The van der Waals surface area contributed by atoms with Gasteiger partial charge in [-0.1, -0.05) is 31.9 Å². The number of allylic oxidation sites excluding steroid dienone is 1. The zero-order valence-corrected chi connectivity index (χ0v) is 9.11. The third kappa shape index (κ3) is 4.25. The van der Waals surface area contributed by atoms with Gasteiger partial charge in [-0.05, 0) is 25.7 Å². The first-order chi connectivity index (χ1) is 6.84. The van der Waals surface area contributed by atoms with Crippen LogP contribution in [-0.2, 0) is 4.74 Å². The average molecular weight is 198 g/mol. The molecule has 0 saturated carbocycles. The van der Waals surface area contributed by atoms with Crippen LogP contribution in [0.4, 0.5) is 0 Å². The maximum atomic E-state index is 9.50. The van der Waals surface area contributed by atoms with Crippen molar-refractivity contribution >= 4 is 0 Å². The predicted octanol–water partition coefficient (Wildman–Crippen LogP) is 2.87. The van der Waals surface area contributed by atoms with Crippen LogP contribution in [0.15, 0.2) is 12.2 Å². The van der Waals surface area contributed by atoms with Crippen molar-refractivity contribution in [1.29, 1.82) is 0 Å². The standard InChI is InChI=1S/C12H22O2/c1-2-3-4-5-6-8-11-9-7-10-14-12(11)13/h6,8,11-13H,2-5,7,9-10H2,1H3/b8-6+. The number of aliphatic hydroxyl groups excluding tert-OH is 1. The van der Waals surface area contributed by atoms with Gasteiger partial charge in [-0.3, -0.25) is 0 Å². The molecule has 0 aromatic carbocycles. The SMILES string of the molecule is CCCCC/C=C/C1CCCOC1O. The molecule has 1 N–H and O–H groups in total.